The fraction of sp³-hybridized carbons (Fsp3) is 0.846. The van der Waals surface area contributed by atoms with Crippen LogP contribution in [0.2, 0.25) is 0 Å². The molecule has 0 bridgehead atoms. The van der Waals surface area contributed by atoms with Crippen molar-refractivity contribution in [3.8, 4) is 0 Å². The Labute approximate surface area is 103 Å². The number of ether oxygens (including phenoxy) is 1. The highest BCUT2D eigenvalue weighted by molar-refractivity contribution is 5.94. The molecule has 0 spiro atoms. The molecule has 1 aliphatic rings. The maximum atomic E-state index is 11.7. The molecule has 0 amide bonds. The Hall–Kier alpha value is -0.900. The summed E-state index contributed by atoms with van der Waals surface area (Å²) >= 11 is 0. The van der Waals surface area contributed by atoms with Crippen LogP contribution in [0.1, 0.15) is 47.0 Å². The topological polar surface area (TPSA) is 46.6 Å². The van der Waals surface area contributed by atoms with Gasteiger partial charge in [-0.1, -0.05) is 0 Å². The number of nitrogens with zero attached hydrogens (tertiary/aromatic N) is 1. The van der Waals surface area contributed by atoms with Gasteiger partial charge in [-0.15, -0.1) is 0 Å². The Morgan fingerprint density at radius 3 is 2.41 bits per heavy atom. The van der Waals surface area contributed by atoms with Gasteiger partial charge in [0.05, 0.1) is 5.54 Å². The van der Waals surface area contributed by atoms with Crippen molar-refractivity contribution in [2.45, 2.75) is 58.1 Å². The first kappa shape index (κ1) is 14.2. The third kappa shape index (κ3) is 2.86. The van der Waals surface area contributed by atoms with E-state index >= 15 is 0 Å². The van der Waals surface area contributed by atoms with Crippen molar-refractivity contribution in [2.24, 2.45) is 0 Å². The summed E-state index contributed by atoms with van der Waals surface area (Å²) in [6, 6.07) is 0. The standard InChI is InChI=1S/C13H23NO3/c1-10(15)9-11(16)17-13(4)7-6-8-14(5)12(13,2)3/h6-9H2,1-5H3. The van der Waals surface area contributed by atoms with Crippen LogP contribution in [0.4, 0.5) is 0 Å². The fourth-order valence-electron chi connectivity index (χ4n) is 2.31. The monoisotopic (exact) mass is 241 g/mol. The number of likely N-dealkylation sites (tertiary alicyclic amines) is 1. The molecule has 0 aliphatic carbocycles. The SMILES string of the molecule is CC(=O)CC(=O)OC1(C)CCCN(C)C1(C)C. The van der Waals surface area contributed by atoms with Gasteiger partial charge in [-0.25, -0.2) is 0 Å². The summed E-state index contributed by atoms with van der Waals surface area (Å²) in [4.78, 5) is 24.8. The quantitative estimate of drug-likeness (QED) is 0.558. The molecule has 1 fully saturated rings. The molecule has 1 atom stereocenters. The molecule has 0 radical (unpaired) electrons. The van der Waals surface area contributed by atoms with E-state index in [0.717, 1.165) is 19.4 Å². The average molecular weight is 241 g/mol. The normalized spacial score (nSPS) is 28.8. The number of likely N-dealkylation sites (N-methyl/N-ethyl adjacent to an activating group) is 1. The van der Waals surface area contributed by atoms with Gasteiger partial charge in [0.25, 0.3) is 0 Å². The third-order valence-electron chi connectivity index (χ3n) is 4.13. The number of rotatable bonds is 3. The minimum absolute atomic E-state index is 0.130. The van der Waals surface area contributed by atoms with Crippen LogP contribution in [0, 0.1) is 0 Å². The van der Waals surface area contributed by atoms with E-state index in [4.69, 9.17) is 4.74 Å². The Bertz CT molecular complexity index is 325. The first-order valence-corrected chi connectivity index (χ1v) is 6.11. The van der Waals surface area contributed by atoms with Crippen LogP contribution in [-0.4, -0.2) is 41.4 Å². The molecule has 0 N–H and O–H groups in total. The van der Waals surface area contributed by atoms with Crippen LogP contribution in [-0.2, 0) is 14.3 Å². The van der Waals surface area contributed by atoms with Crippen LogP contribution in [0.15, 0.2) is 0 Å². The number of piperidine rings is 1. The fourth-order valence-corrected chi connectivity index (χ4v) is 2.31. The van der Waals surface area contributed by atoms with Crippen molar-refractivity contribution in [2.75, 3.05) is 13.6 Å². The van der Waals surface area contributed by atoms with E-state index in [1.165, 1.54) is 6.92 Å². The van der Waals surface area contributed by atoms with Gasteiger partial charge in [0.2, 0.25) is 0 Å². The molecule has 17 heavy (non-hydrogen) atoms. The first-order chi connectivity index (χ1) is 7.69. The molecule has 1 heterocycles. The lowest BCUT2D eigenvalue weighted by molar-refractivity contribution is -0.181. The molecule has 1 aliphatic heterocycles. The summed E-state index contributed by atoms with van der Waals surface area (Å²) in [6.07, 6.45) is 1.72. The number of hydrogen-bond acceptors (Lipinski definition) is 4. The number of ketones is 1. The summed E-state index contributed by atoms with van der Waals surface area (Å²) in [7, 11) is 2.04. The van der Waals surface area contributed by atoms with Gasteiger partial charge in [0.15, 0.2) is 0 Å². The van der Waals surface area contributed by atoms with Crippen LogP contribution in [0.5, 0.6) is 0 Å². The van der Waals surface area contributed by atoms with Crippen molar-refractivity contribution < 1.29 is 14.3 Å². The van der Waals surface area contributed by atoms with E-state index in [-0.39, 0.29) is 17.7 Å². The summed E-state index contributed by atoms with van der Waals surface area (Å²) in [6.45, 7) is 8.52. The van der Waals surface area contributed by atoms with Crippen molar-refractivity contribution >= 4 is 11.8 Å². The average Bonchev–Trinajstić information content (AvgIpc) is 2.13. The molecule has 1 unspecified atom stereocenters. The predicted octanol–water partition coefficient (Wildman–Crippen LogP) is 1.77. The molecular weight excluding hydrogens is 218 g/mol. The summed E-state index contributed by atoms with van der Waals surface area (Å²) in [5.41, 5.74) is -0.732. The number of carbonyl (C=O) groups is 2. The van der Waals surface area contributed by atoms with Gasteiger partial charge in [0, 0.05) is 0 Å². The van der Waals surface area contributed by atoms with Gasteiger partial charge in [-0.2, -0.15) is 0 Å². The molecular formula is C13H23NO3. The highest BCUT2D eigenvalue weighted by Gasteiger charge is 2.49. The van der Waals surface area contributed by atoms with Crippen LogP contribution < -0.4 is 0 Å². The zero-order valence-electron chi connectivity index (χ0n) is 11.5. The van der Waals surface area contributed by atoms with Crippen LogP contribution in [0.3, 0.4) is 0 Å². The van der Waals surface area contributed by atoms with Gasteiger partial charge in [-0.05, 0) is 54.1 Å². The minimum Gasteiger partial charge on any atom is -0.457 e. The third-order valence-corrected chi connectivity index (χ3v) is 4.13. The summed E-state index contributed by atoms with van der Waals surface area (Å²) in [5.74, 6) is -0.566. The summed E-state index contributed by atoms with van der Waals surface area (Å²) < 4.78 is 5.57. The lowest BCUT2D eigenvalue weighted by atomic mass is 9.76. The van der Waals surface area contributed by atoms with Crippen LogP contribution >= 0.6 is 0 Å². The van der Waals surface area contributed by atoms with Crippen molar-refractivity contribution in [1.29, 1.82) is 0 Å². The summed E-state index contributed by atoms with van der Waals surface area (Å²) in [5, 5.41) is 0. The lowest BCUT2D eigenvalue weighted by Gasteiger charge is -2.52. The molecule has 0 saturated carbocycles. The number of carbonyl (C=O) groups excluding carboxylic acids is 2. The van der Waals surface area contributed by atoms with E-state index in [9.17, 15) is 9.59 Å². The molecule has 98 valence electrons. The van der Waals surface area contributed by atoms with Crippen molar-refractivity contribution in [3.63, 3.8) is 0 Å². The Morgan fingerprint density at radius 2 is 1.88 bits per heavy atom. The van der Waals surface area contributed by atoms with Gasteiger partial charge in [-0.3, -0.25) is 14.5 Å². The van der Waals surface area contributed by atoms with E-state index < -0.39 is 11.6 Å². The second kappa shape index (κ2) is 4.77. The second-order valence-electron chi connectivity index (χ2n) is 5.67. The molecule has 0 aromatic rings. The Balaban J connectivity index is 2.78. The maximum Gasteiger partial charge on any atom is 0.313 e. The zero-order chi connectivity index (χ0) is 13.3. The molecule has 1 saturated heterocycles. The predicted molar refractivity (Wildman–Crippen MR) is 65.7 cm³/mol. The van der Waals surface area contributed by atoms with E-state index in [0.29, 0.717) is 0 Å². The number of Topliss-reactive ketones (excluding diaryl/α,β-unsaturated/α-hetero) is 1. The zero-order valence-corrected chi connectivity index (χ0v) is 11.5. The van der Waals surface area contributed by atoms with Crippen LogP contribution in [0.25, 0.3) is 0 Å². The highest BCUT2D eigenvalue weighted by Crippen LogP contribution is 2.38. The Morgan fingerprint density at radius 1 is 1.29 bits per heavy atom. The molecule has 0 aromatic heterocycles. The Kier molecular flexibility index (Phi) is 3.97. The minimum atomic E-state index is -0.521. The molecule has 1 rings (SSSR count). The van der Waals surface area contributed by atoms with Gasteiger partial charge < -0.3 is 4.74 Å². The molecule has 4 nitrogen and oxygen atoms in total. The molecule has 0 aromatic carbocycles. The number of esters is 1. The largest absolute Gasteiger partial charge is 0.457 e. The van der Waals surface area contributed by atoms with E-state index in [1.54, 1.807) is 0 Å². The van der Waals surface area contributed by atoms with E-state index in [1.807, 2.05) is 14.0 Å². The number of hydrogen-bond donors (Lipinski definition) is 0. The van der Waals surface area contributed by atoms with Crippen molar-refractivity contribution in [1.82, 2.24) is 4.90 Å². The van der Waals surface area contributed by atoms with Gasteiger partial charge in [0.1, 0.15) is 17.8 Å². The van der Waals surface area contributed by atoms with E-state index in [2.05, 4.69) is 18.7 Å². The smallest absolute Gasteiger partial charge is 0.313 e. The van der Waals surface area contributed by atoms with Crippen molar-refractivity contribution in [3.05, 3.63) is 0 Å². The van der Waals surface area contributed by atoms with Gasteiger partial charge >= 0.3 is 5.97 Å². The molecule has 4 heteroatoms. The second-order valence-corrected chi connectivity index (χ2v) is 5.67. The lowest BCUT2D eigenvalue weighted by Crippen LogP contribution is -2.63. The highest BCUT2D eigenvalue weighted by atomic mass is 16.6. The first-order valence-electron chi connectivity index (χ1n) is 6.11. The maximum absolute atomic E-state index is 11.7.